The smallest absolute Gasteiger partial charge is 0.311 e. The Morgan fingerprint density at radius 1 is 1.11 bits per heavy atom. The third kappa shape index (κ3) is 8.32. The monoisotopic (exact) mass is 546 g/mol. The van der Waals surface area contributed by atoms with Gasteiger partial charge in [0.15, 0.2) is 10.9 Å². The zero-order valence-corrected chi connectivity index (χ0v) is 21.9. The number of hydrogen-bond donors (Lipinski definition) is 0. The molecule has 0 spiro atoms. The van der Waals surface area contributed by atoms with E-state index in [9.17, 15) is 14.4 Å². The van der Waals surface area contributed by atoms with Gasteiger partial charge < -0.3 is 14.2 Å². The molecule has 2 fully saturated rings. The van der Waals surface area contributed by atoms with Crippen LogP contribution in [0, 0.1) is 5.92 Å². The maximum absolute atomic E-state index is 12.6. The van der Waals surface area contributed by atoms with Gasteiger partial charge in [-0.05, 0) is 54.7 Å². The zero-order chi connectivity index (χ0) is 25.5. The highest BCUT2D eigenvalue weighted by Crippen LogP contribution is 2.30. The van der Waals surface area contributed by atoms with Crippen molar-refractivity contribution >= 4 is 40.2 Å². The van der Waals surface area contributed by atoms with Crippen LogP contribution in [0.2, 0.25) is 5.02 Å². The topological polar surface area (TPSA) is 78.9 Å². The van der Waals surface area contributed by atoms with Gasteiger partial charge >= 0.3 is 5.97 Å². The molecule has 0 amide bonds. The van der Waals surface area contributed by atoms with Crippen molar-refractivity contribution in [2.45, 2.75) is 76.9 Å². The van der Waals surface area contributed by atoms with Crippen LogP contribution in [0.5, 0.6) is 5.75 Å². The van der Waals surface area contributed by atoms with Gasteiger partial charge in [-0.3, -0.25) is 14.4 Å². The molecule has 0 bridgehead atoms. The summed E-state index contributed by atoms with van der Waals surface area (Å²) < 4.78 is 18.0. The summed E-state index contributed by atoms with van der Waals surface area (Å²) in [7, 11) is 0. The van der Waals surface area contributed by atoms with E-state index in [-0.39, 0.29) is 48.5 Å². The first-order valence-corrected chi connectivity index (χ1v) is 13.7. The van der Waals surface area contributed by atoms with Crippen molar-refractivity contribution in [1.29, 1.82) is 0 Å². The van der Waals surface area contributed by atoms with E-state index < -0.39 is 12.4 Å². The first kappa shape index (κ1) is 29.2. The summed E-state index contributed by atoms with van der Waals surface area (Å²) in [6.45, 7) is 2.12. The summed E-state index contributed by atoms with van der Waals surface area (Å²) in [5, 5.41) is 0.221. The lowest BCUT2D eigenvalue weighted by molar-refractivity contribution is -0.198. The van der Waals surface area contributed by atoms with Gasteiger partial charge in [0, 0.05) is 11.4 Å². The summed E-state index contributed by atoms with van der Waals surface area (Å²) in [6.07, 6.45) is 3.74. The average molecular weight is 547 g/mol. The second-order valence-corrected chi connectivity index (χ2v) is 10.9. The van der Waals surface area contributed by atoms with E-state index in [1.165, 1.54) is 0 Å². The molecule has 2 aromatic rings. The third-order valence-electron chi connectivity index (χ3n) is 6.50. The van der Waals surface area contributed by atoms with Crippen LogP contribution in [-0.2, 0) is 30.3 Å². The molecule has 4 rings (SSSR count). The van der Waals surface area contributed by atoms with E-state index >= 15 is 0 Å². The largest absolute Gasteiger partial charge is 0.491 e. The lowest BCUT2D eigenvalue weighted by Crippen LogP contribution is -2.28. The van der Waals surface area contributed by atoms with Crippen LogP contribution in [0.4, 0.5) is 0 Å². The van der Waals surface area contributed by atoms with Crippen molar-refractivity contribution in [3.05, 3.63) is 64.7 Å². The first-order chi connectivity index (χ1) is 17.4. The number of Topliss-reactive ketones (excluding diaryl/α,β-unsaturated/α-hetero) is 1. The van der Waals surface area contributed by atoms with Crippen molar-refractivity contribution in [2.75, 3.05) is 6.61 Å². The van der Waals surface area contributed by atoms with Crippen LogP contribution in [0.1, 0.15) is 70.1 Å². The highest BCUT2D eigenvalue weighted by atomic mass is 35.5. The predicted octanol–water partition coefficient (Wildman–Crippen LogP) is 6.73. The second kappa shape index (κ2) is 14.0. The number of carbonyl (C=O) groups excluding carboxylic acids is 3. The molecule has 37 heavy (non-hydrogen) atoms. The molecule has 200 valence electrons. The Bertz CT molecular complexity index is 1070. The quantitative estimate of drug-likeness (QED) is 0.176. The van der Waals surface area contributed by atoms with Gasteiger partial charge in [-0.25, -0.2) is 0 Å². The molecule has 3 atom stereocenters. The minimum absolute atomic E-state index is 0. The van der Waals surface area contributed by atoms with E-state index in [4.69, 9.17) is 25.8 Å². The van der Waals surface area contributed by atoms with Gasteiger partial charge in [0.05, 0.1) is 17.6 Å². The Labute approximate surface area is 228 Å². The molecule has 2 aliphatic rings. The molecule has 1 saturated carbocycles. The van der Waals surface area contributed by atoms with Gasteiger partial charge in [0.25, 0.3) is 0 Å². The lowest BCUT2D eigenvalue weighted by atomic mass is 10.1. The lowest BCUT2D eigenvalue weighted by Gasteiger charge is -2.25. The number of ether oxygens (including phenoxy) is 3. The highest BCUT2D eigenvalue weighted by molar-refractivity contribution is 8.15. The molecule has 1 aliphatic heterocycles. The molecular formula is C29H35ClO6S. The van der Waals surface area contributed by atoms with Gasteiger partial charge in [0.1, 0.15) is 18.5 Å². The molecule has 1 aliphatic carbocycles. The van der Waals surface area contributed by atoms with Crippen LogP contribution in [0.3, 0.4) is 0 Å². The SMILES string of the molecule is C.CCC(OC(=O)C1CCCC1)OC(COc1ccc(CC2SC(=O)CC2=O)cc1)c1cccc(Cl)c1. The fourth-order valence-corrected chi connectivity index (χ4v) is 5.72. The maximum atomic E-state index is 12.6. The van der Waals surface area contributed by atoms with Gasteiger partial charge in [0.2, 0.25) is 6.29 Å². The average Bonchev–Trinajstić information content (AvgIpc) is 3.51. The number of benzene rings is 2. The summed E-state index contributed by atoms with van der Waals surface area (Å²) in [5.74, 6) is 0.400. The minimum atomic E-state index is -0.683. The fourth-order valence-electron chi connectivity index (χ4n) is 4.48. The van der Waals surface area contributed by atoms with Crippen LogP contribution in [0.15, 0.2) is 48.5 Å². The summed E-state index contributed by atoms with van der Waals surface area (Å²) in [5.41, 5.74) is 1.80. The predicted molar refractivity (Wildman–Crippen MR) is 146 cm³/mol. The van der Waals surface area contributed by atoms with E-state index in [1.807, 2.05) is 49.4 Å². The summed E-state index contributed by atoms with van der Waals surface area (Å²) >= 11 is 7.35. The number of esters is 1. The number of hydrogen-bond acceptors (Lipinski definition) is 7. The van der Waals surface area contributed by atoms with E-state index in [1.54, 1.807) is 6.07 Å². The molecule has 8 heteroatoms. The first-order valence-electron chi connectivity index (χ1n) is 12.5. The number of ketones is 1. The van der Waals surface area contributed by atoms with E-state index in [0.29, 0.717) is 23.6 Å². The maximum Gasteiger partial charge on any atom is 0.311 e. The number of carbonyl (C=O) groups is 3. The molecule has 2 aromatic carbocycles. The number of rotatable bonds is 11. The van der Waals surface area contributed by atoms with Gasteiger partial charge in [-0.2, -0.15) is 0 Å². The van der Waals surface area contributed by atoms with Crippen LogP contribution in [0.25, 0.3) is 0 Å². The van der Waals surface area contributed by atoms with Crippen LogP contribution >= 0.6 is 23.4 Å². The Hall–Kier alpha value is -2.35. The summed E-state index contributed by atoms with van der Waals surface area (Å²) in [6, 6.07) is 14.9. The van der Waals surface area contributed by atoms with Crippen molar-refractivity contribution in [1.82, 2.24) is 0 Å². The molecular weight excluding hydrogens is 512 g/mol. The number of thioether (sulfide) groups is 1. The standard InChI is InChI=1S/C28H31ClO6S.CH4/c1-2-27(35-28(32)19-6-3-4-7-19)34-24(20-8-5-9-21(29)15-20)17-33-22-12-10-18(11-13-22)14-25-23(30)16-26(31)36-25;/h5,8-13,15,19,24-25,27H,2-4,6-7,14,16-17H2,1H3;1H4. The van der Waals surface area contributed by atoms with E-state index in [0.717, 1.165) is 48.6 Å². The second-order valence-electron chi connectivity index (χ2n) is 9.22. The molecule has 1 saturated heterocycles. The summed E-state index contributed by atoms with van der Waals surface area (Å²) in [4.78, 5) is 36.0. The van der Waals surface area contributed by atoms with Crippen LogP contribution < -0.4 is 4.74 Å². The van der Waals surface area contributed by atoms with Crippen molar-refractivity contribution in [3.8, 4) is 5.75 Å². The Kier molecular flexibility index (Phi) is 11.0. The fraction of sp³-hybridized carbons (Fsp3) is 0.483. The third-order valence-corrected chi connectivity index (χ3v) is 7.86. The van der Waals surface area contributed by atoms with Gasteiger partial charge in [-0.1, -0.05) is 74.8 Å². The van der Waals surface area contributed by atoms with Crippen molar-refractivity contribution in [3.63, 3.8) is 0 Å². The molecule has 1 heterocycles. The molecule has 0 aromatic heterocycles. The minimum Gasteiger partial charge on any atom is -0.491 e. The Morgan fingerprint density at radius 2 is 1.84 bits per heavy atom. The van der Waals surface area contributed by atoms with Crippen molar-refractivity contribution in [2.24, 2.45) is 5.92 Å². The van der Waals surface area contributed by atoms with Gasteiger partial charge in [-0.15, -0.1) is 0 Å². The van der Waals surface area contributed by atoms with Crippen molar-refractivity contribution < 1.29 is 28.6 Å². The Morgan fingerprint density at radius 3 is 2.46 bits per heavy atom. The highest BCUT2D eigenvalue weighted by Gasteiger charge is 2.32. The zero-order valence-electron chi connectivity index (χ0n) is 20.3. The normalized spacial score (nSPS) is 19.4. The molecule has 3 unspecified atom stereocenters. The number of halogens is 1. The molecule has 0 N–H and O–H groups in total. The van der Waals surface area contributed by atoms with E-state index in [2.05, 4.69) is 0 Å². The molecule has 6 nitrogen and oxygen atoms in total. The molecule has 0 radical (unpaired) electrons. The Balaban J connectivity index is 0.00000380. The van der Waals surface area contributed by atoms with Crippen LogP contribution in [-0.4, -0.2) is 35.0 Å².